The van der Waals surface area contributed by atoms with Gasteiger partial charge in [0.15, 0.2) is 17.5 Å². The molecule has 4 aromatic rings. The van der Waals surface area contributed by atoms with Crippen molar-refractivity contribution >= 4 is 58.8 Å². The van der Waals surface area contributed by atoms with Gasteiger partial charge in [-0.1, -0.05) is 48.5 Å². The van der Waals surface area contributed by atoms with E-state index in [4.69, 9.17) is 22.3 Å². The molecule has 0 radical (unpaired) electrons. The zero-order valence-electron chi connectivity index (χ0n) is 43.4. The molecule has 0 spiro atoms. The summed E-state index contributed by atoms with van der Waals surface area (Å²) in [5.74, 6) is -1.81. The highest BCUT2D eigenvalue weighted by Crippen LogP contribution is 2.23. The molecule has 4 aliphatic heterocycles. The number of hydrogen-bond donors (Lipinski definition) is 4. The van der Waals surface area contributed by atoms with Gasteiger partial charge < -0.3 is 41.9 Å². The number of nitrogens with zero attached hydrogens (tertiary/aromatic N) is 9. The summed E-state index contributed by atoms with van der Waals surface area (Å²) < 4.78 is 55.2. The van der Waals surface area contributed by atoms with E-state index in [9.17, 15) is 46.9 Å². The number of benzene rings is 4. The Balaban J connectivity index is 0.000000218. The van der Waals surface area contributed by atoms with E-state index in [2.05, 4.69) is 14.7 Å². The fourth-order valence-corrected chi connectivity index (χ4v) is 8.88. The third kappa shape index (κ3) is 18.3. The molecule has 416 valence electrons. The van der Waals surface area contributed by atoms with Gasteiger partial charge in [-0.25, -0.2) is 13.2 Å². The lowest BCUT2D eigenvalue weighted by Crippen LogP contribution is -2.49. The Labute approximate surface area is 447 Å². The van der Waals surface area contributed by atoms with E-state index < -0.39 is 23.0 Å². The second-order valence-electron chi connectivity index (χ2n) is 18.6. The van der Waals surface area contributed by atoms with Crippen LogP contribution in [0.2, 0.25) is 0 Å². The number of piperazine rings is 4. The summed E-state index contributed by atoms with van der Waals surface area (Å²) in [7, 11) is 0. The summed E-state index contributed by atoms with van der Waals surface area (Å²) >= 11 is 0. The van der Waals surface area contributed by atoms with Gasteiger partial charge in [-0.15, -0.1) is 12.4 Å². The molecule has 0 aromatic heterocycles. The molecule has 8 rings (SSSR count). The molecule has 19 nitrogen and oxygen atoms in total. The number of anilines is 3. The first-order valence-corrected chi connectivity index (χ1v) is 24.8. The fraction of sp³-hybridized carbons (Fsp3) is 0.462. The maximum atomic E-state index is 14.0. The Hall–Kier alpha value is -6.63. The van der Waals surface area contributed by atoms with Crippen LogP contribution in [0.15, 0.2) is 72.8 Å². The summed E-state index contributed by atoms with van der Waals surface area (Å²) in [6.07, 6.45) is 0. The van der Waals surface area contributed by atoms with Gasteiger partial charge in [-0.05, 0) is 18.2 Å². The van der Waals surface area contributed by atoms with Crippen molar-refractivity contribution in [3.8, 4) is 0 Å². The fourth-order valence-electron chi connectivity index (χ4n) is 8.88. The molecule has 0 unspecified atom stereocenters. The maximum absolute atomic E-state index is 14.0. The summed E-state index contributed by atoms with van der Waals surface area (Å²) in [6, 6.07) is 19.4. The smallest absolute Gasteiger partial charge is 0.305 e. The quantitative estimate of drug-likeness (QED) is 0.0761. The van der Waals surface area contributed by atoms with Gasteiger partial charge in [0.1, 0.15) is 6.61 Å². The summed E-state index contributed by atoms with van der Waals surface area (Å²) in [5, 5.41) is 19.5. The Morgan fingerprint density at radius 2 is 0.711 bits per heavy atom. The summed E-state index contributed by atoms with van der Waals surface area (Å²) in [5.41, 5.74) is 18.8. The van der Waals surface area contributed by atoms with E-state index in [0.717, 1.165) is 32.2 Å². The second kappa shape index (κ2) is 30.2. The molecule has 0 bridgehead atoms. The second-order valence-corrected chi connectivity index (χ2v) is 18.6. The van der Waals surface area contributed by atoms with Crippen LogP contribution in [0.5, 0.6) is 0 Å². The van der Waals surface area contributed by atoms with Gasteiger partial charge in [0, 0.05) is 180 Å². The zero-order valence-corrected chi connectivity index (χ0v) is 44.2. The highest BCUT2D eigenvalue weighted by Gasteiger charge is 2.25. The first kappa shape index (κ1) is 61.9. The minimum atomic E-state index is -0.772. The molecule has 76 heavy (non-hydrogen) atoms. The normalized spacial score (nSPS) is 16.4. The van der Waals surface area contributed by atoms with Crippen LogP contribution in [-0.4, -0.2) is 184 Å². The molecule has 0 aliphatic carbocycles. The number of carbonyl (C=O) groups excluding carboxylic acids is 4. The molecule has 4 amide bonds. The number of nitrogens with two attached hydrogens (primary N) is 3. The first-order valence-electron chi connectivity index (χ1n) is 24.8. The predicted molar refractivity (Wildman–Crippen MR) is 284 cm³/mol. The van der Waals surface area contributed by atoms with E-state index in [0.29, 0.717) is 127 Å². The zero-order chi connectivity index (χ0) is 54.8. The van der Waals surface area contributed by atoms with E-state index in [1.165, 1.54) is 19.1 Å². The average Bonchev–Trinajstić information content (AvgIpc) is 3.39. The molecule has 4 aromatic carbocycles. The maximum Gasteiger partial charge on any atom is 0.305 e. The number of rotatable bonds is 10. The van der Waals surface area contributed by atoms with Crippen LogP contribution in [-0.2, 0) is 45.4 Å². The average molecular weight is 1090 g/mol. The topological polar surface area (TPSA) is 236 Å². The molecule has 7 N–H and O–H groups in total. The van der Waals surface area contributed by atoms with Crippen molar-refractivity contribution in [1.29, 1.82) is 0 Å². The van der Waals surface area contributed by atoms with Gasteiger partial charge in [0.05, 0.1) is 22.0 Å². The Morgan fingerprint density at radius 3 is 0.961 bits per heavy atom. The molecule has 4 fully saturated rings. The number of halogens is 5. The van der Waals surface area contributed by atoms with E-state index in [1.54, 1.807) is 78.2 Å². The third-order valence-electron chi connectivity index (χ3n) is 13.5. The number of nitrogen functional groups attached to an aromatic ring is 3. The molecular weight excluding hydrogens is 1020 g/mol. The Morgan fingerprint density at radius 1 is 0.461 bits per heavy atom. The summed E-state index contributed by atoms with van der Waals surface area (Å²) in [4.78, 5) is 70.2. The lowest BCUT2D eigenvalue weighted by molar-refractivity contribution is -0.387. The van der Waals surface area contributed by atoms with Crippen LogP contribution in [0.4, 0.5) is 40.3 Å². The number of carbonyl (C=O) groups is 4. The minimum Gasteiger partial charge on any atom is -0.396 e. The van der Waals surface area contributed by atoms with E-state index in [-0.39, 0.29) is 70.5 Å². The monoisotopic (exact) mass is 1090 g/mol. The van der Waals surface area contributed by atoms with Crippen molar-refractivity contribution in [2.75, 3.05) is 129 Å². The summed E-state index contributed by atoms with van der Waals surface area (Å²) in [6.45, 7) is 17.0. The van der Waals surface area contributed by atoms with Crippen LogP contribution in [0.1, 0.15) is 43.0 Å². The van der Waals surface area contributed by atoms with Crippen molar-refractivity contribution in [2.24, 2.45) is 0 Å². The molecule has 0 atom stereocenters. The number of nitro benzene ring substituents is 1. The van der Waals surface area contributed by atoms with Crippen LogP contribution >= 0.6 is 12.4 Å². The molecule has 0 saturated carbocycles. The molecule has 24 heteroatoms. The van der Waals surface area contributed by atoms with Gasteiger partial charge >= 0.3 is 5.69 Å². The molecule has 4 saturated heterocycles. The standard InChI is InChI=1S/C13H16FN3O3.C13H18FN3O2.2C13H18FN3O.ClH/c1-10(18)16-7-5-15(6-8-16)9-11-3-2-4-12(13(11)14)17(19)20;14-13-10(2-1-3-11(13)15)8-16-4-6-17(7-5-16)12(19)9-18;2*1-10(18)17-7-5-16(6-8-17)9-11-3-2-4-12(15)13(11)14;/h2-4H,5-9H2,1H3;1-3,18H,4-9,15H2;2*2-4H,5-9,15H2,1H3;1H. The number of aliphatic hydroxyl groups excluding tert-OH is 1. The highest BCUT2D eigenvalue weighted by molar-refractivity contribution is 5.85. The predicted octanol–water partition coefficient (Wildman–Crippen LogP) is 4.01. The lowest BCUT2D eigenvalue weighted by Gasteiger charge is -2.34. The van der Waals surface area contributed by atoms with Gasteiger partial charge in [0.2, 0.25) is 29.4 Å². The van der Waals surface area contributed by atoms with Gasteiger partial charge in [0.25, 0.3) is 0 Å². The van der Waals surface area contributed by atoms with Crippen molar-refractivity contribution in [1.82, 2.24) is 39.2 Å². The van der Waals surface area contributed by atoms with Crippen LogP contribution in [0.25, 0.3) is 0 Å². The van der Waals surface area contributed by atoms with Gasteiger partial charge in [-0.2, -0.15) is 4.39 Å². The SMILES string of the molecule is CC(=O)N1CCN(Cc2cccc(N)c2F)CC1.CC(=O)N1CCN(Cc2cccc(N)c2F)CC1.CC(=O)N1CCN(Cc2cccc([N+](=O)[O-])c2F)CC1.Cl.Nc1cccc(CN2CCN(C(=O)CO)CC2)c1F. The Kier molecular flexibility index (Phi) is 24.6. The highest BCUT2D eigenvalue weighted by atomic mass is 35.5. The minimum absolute atomic E-state index is 0. The van der Waals surface area contributed by atoms with Gasteiger partial charge in [-0.3, -0.25) is 48.9 Å². The van der Waals surface area contributed by atoms with Crippen molar-refractivity contribution in [2.45, 2.75) is 47.0 Å². The van der Waals surface area contributed by atoms with Crippen LogP contribution in [0, 0.1) is 33.4 Å². The first-order chi connectivity index (χ1) is 35.8. The van der Waals surface area contributed by atoms with E-state index >= 15 is 0 Å². The van der Waals surface area contributed by atoms with Crippen LogP contribution in [0.3, 0.4) is 0 Å². The number of aliphatic hydroxyl groups is 1. The largest absolute Gasteiger partial charge is 0.396 e. The molecular formula is C52H71ClF4N12O7. The Bertz CT molecular complexity index is 2490. The lowest BCUT2D eigenvalue weighted by atomic mass is 10.1. The molecule has 4 aliphatic rings. The number of amides is 4. The molecule has 4 heterocycles. The number of hydrogen-bond acceptors (Lipinski definition) is 14. The van der Waals surface area contributed by atoms with Crippen molar-refractivity contribution in [3.05, 3.63) is 128 Å². The van der Waals surface area contributed by atoms with E-state index in [1.807, 2.05) is 14.7 Å². The third-order valence-corrected chi connectivity index (χ3v) is 13.5. The van der Waals surface area contributed by atoms with Crippen LogP contribution < -0.4 is 17.2 Å². The number of nitro groups is 1. The van der Waals surface area contributed by atoms with Crippen molar-refractivity contribution in [3.63, 3.8) is 0 Å². The van der Waals surface area contributed by atoms with Crippen molar-refractivity contribution < 1.29 is 46.8 Å².